The topological polar surface area (TPSA) is 67.2 Å². The first-order valence-electron chi connectivity index (χ1n) is 7.70. The molecule has 0 saturated carbocycles. The number of benzene rings is 1. The van der Waals surface area contributed by atoms with E-state index in [2.05, 4.69) is 34.4 Å². The van der Waals surface area contributed by atoms with E-state index in [1.807, 2.05) is 12.1 Å². The molecule has 0 aliphatic carbocycles. The fourth-order valence-electron chi connectivity index (χ4n) is 3.03. The van der Waals surface area contributed by atoms with Crippen LogP contribution in [0.3, 0.4) is 0 Å². The Morgan fingerprint density at radius 2 is 2.17 bits per heavy atom. The van der Waals surface area contributed by atoms with E-state index >= 15 is 0 Å². The third-order valence-electron chi connectivity index (χ3n) is 4.13. The molecule has 1 atom stereocenters. The molecule has 1 aliphatic rings. The average molecular weight is 312 g/mol. The van der Waals surface area contributed by atoms with Gasteiger partial charge in [0.05, 0.1) is 0 Å². The van der Waals surface area contributed by atoms with Gasteiger partial charge in [0.2, 0.25) is 5.91 Å². The van der Waals surface area contributed by atoms with Crippen LogP contribution < -0.4 is 15.9 Å². The first kappa shape index (κ1) is 15.3. The summed E-state index contributed by atoms with van der Waals surface area (Å²) in [4.78, 5) is 29.4. The highest BCUT2D eigenvalue weighted by Gasteiger charge is 2.22. The minimum atomic E-state index is -0.408. The second kappa shape index (κ2) is 6.64. The number of hydrogen-bond acceptors (Lipinski definition) is 4. The maximum absolute atomic E-state index is 12.0. The lowest BCUT2D eigenvalue weighted by Gasteiger charge is -2.33. The summed E-state index contributed by atoms with van der Waals surface area (Å²) in [5, 5.41) is 2.93. The van der Waals surface area contributed by atoms with E-state index in [1.165, 1.54) is 22.0 Å². The molecule has 1 amide bonds. The molecule has 6 heteroatoms. The van der Waals surface area contributed by atoms with Crippen LogP contribution in [-0.2, 0) is 17.8 Å². The van der Waals surface area contributed by atoms with Gasteiger partial charge < -0.3 is 10.2 Å². The monoisotopic (exact) mass is 312 g/mol. The van der Waals surface area contributed by atoms with Crippen LogP contribution in [0.25, 0.3) is 0 Å². The predicted molar refractivity (Wildman–Crippen MR) is 88.4 cm³/mol. The summed E-state index contributed by atoms with van der Waals surface area (Å²) in [5.41, 5.74) is 2.16. The molecular weight excluding hydrogens is 292 g/mol. The first-order chi connectivity index (χ1) is 11.1. The molecule has 1 aromatic heterocycles. The number of para-hydroxylation sites is 1. The number of carbonyl (C=O) groups excluding carboxylic acids is 1. The van der Waals surface area contributed by atoms with Crippen molar-refractivity contribution in [2.24, 2.45) is 5.92 Å². The summed E-state index contributed by atoms with van der Waals surface area (Å²) in [6, 6.07) is 9.99. The van der Waals surface area contributed by atoms with E-state index in [-0.39, 0.29) is 12.5 Å². The molecule has 1 aromatic carbocycles. The van der Waals surface area contributed by atoms with E-state index in [1.54, 1.807) is 12.3 Å². The molecule has 120 valence electrons. The van der Waals surface area contributed by atoms with Gasteiger partial charge in [0.25, 0.3) is 0 Å². The average Bonchev–Trinajstić information content (AvgIpc) is 2.55. The highest BCUT2D eigenvalue weighted by molar-refractivity contribution is 5.75. The zero-order valence-electron chi connectivity index (χ0n) is 13.1. The van der Waals surface area contributed by atoms with Crippen LogP contribution in [0.4, 0.5) is 5.69 Å². The molecule has 3 rings (SSSR count). The smallest absolute Gasteiger partial charge is 0.347 e. The molecule has 6 nitrogen and oxygen atoms in total. The van der Waals surface area contributed by atoms with Crippen LogP contribution in [-0.4, -0.2) is 35.6 Å². The highest BCUT2D eigenvalue weighted by Crippen LogP contribution is 2.27. The van der Waals surface area contributed by atoms with Crippen LogP contribution in [0.1, 0.15) is 5.56 Å². The third kappa shape index (κ3) is 3.59. The lowest BCUT2D eigenvalue weighted by molar-refractivity contribution is -0.121. The molecule has 0 spiro atoms. The number of anilines is 1. The summed E-state index contributed by atoms with van der Waals surface area (Å²) in [6.45, 7) is 1.52. The number of hydrogen-bond donors (Lipinski definition) is 1. The van der Waals surface area contributed by atoms with Crippen molar-refractivity contribution in [3.63, 3.8) is 0 Å². The standard InChI is InChI=1S/C17H20N4O2/c1-20-11-13(9-14-5-2-3-6-15(14)20)10-19-16(22)12-21-8-4-7-18-17(21)23/h2-8,13H,9-12H2,1H3,(H,19,22). The highest BCUT2D eigenvalue weighted by atomic mass is 16.2. The van der Waals surface area contributed by atoms with Gasteiger partial charge in [-0.3, -0.25) is 9.36 Å². The van der Waals surface area contributed by atoms with Crippen molar-refractivity contribution in [1.29, 1.82) is 0 Å². The van der Waals surface area contributed by atoms with Crippen LogP contribution in [0, 0.1) is 5.92 Å². The predicted octanol–water partition coefficient (Wildman–Crippen LogP) is 0.668. The van der Waals surface area contributed by atoms with Crippen molar-refractivity contribution >= 4 is 11.6 Å². The zero-order chi connectivity index (χ0) is 16.2. The molecule has 0 saturated heterocycles. The largest absolute Gasteiger partial charge is 0.374 e. The zero-order valence-corrected chi connectivity index (χ0v) is 13.1. The molecule has 0 bridgehead atoms. The minimum Gasteiger partial charge on any atom is -0.374 e. The van der Waals surface area contributed by atoms with E-state index in [0.29, 0.717) is 12.5 Å². The van der Waals surface area contributed by atoms with Gasteiger partial charge in [-0.25, -0.2) is 9.78 Å². The molecule has 2 aromatic rings. The number of amides is 1. The summed E-state index contributed by atoms with van der Waals surface area (Å²) in [7, 11) is 2.07. The van der Waals surface area contributed by atoms with Crippen LogP contribution >= 0.6 is 0 Å². The van der Waals surface area contributed by atoms with Crippen molar-refractivity contribution in [1.82, 2.24) is 14.9 Å². The second-order valence-corrected chi connectivity index (χ2v) is 5.91. The molecular formula is C17H20N4O2. The molecule has 23 heavy (non-hydrogen) atoms. The van der Waals surface area contributed by atoms with Gasteiger partial charge in [-0.2, -0.15) is 0 Å². The number of rotatable bonds is 4. The maximum atomic E-state index is 12.0. The van der Waals surface area contributed by atoms with Crippen molar-refractivity contribution in [2.75, 3.05) is 25.0 Å². The lowest BCUT2D eigenvalue weighted by Crippen LogP contribution is -2.41. The third-order valence-corrected chi connectivity index (χ3v) is 4.13. The molecule has 2 heterocycles. The first-order valence-corrected chi connectivity index (χ1v) is 7.70. The Bertz CT molecular complexity index is 756. The van der Waals surface area contributed by atoms with E-state index in [9.17, 15) is 9.59 Å². The second-order valence-electron chi connectivity index (χ2n) is 5.91. The van der Waals surface area contributed by atoms with Gasteiger partial charge in [-0.05, 0) is 30.0 Å². The Hall–Kier alpha value is -2.63. The van der Waals surface area contributed by atoms with E-state index in [0.717, 1.165) is 13.0 Å². The Kier molecular flexibility index (Phi) is 4.41. The van der Waals surface area contributed by atoms with Gasteiger partial charge in [0.15, 0.2) is 0 Å². The fraction of sp³-hybridized carbons (Fsp3) is 0.353. The Morgan fingerprint density at radius 3 is 3.00 bits per heavy atom. The number of nitrogens with zero attached hydrogens (tertiary/aromatic N) is 3. The van der Waals surface area contributed by atoms with E-state index < -0.39 is 5.69 Å². The van der Waals surface area contributed by atoms with Gasteiger partial charge >= 0.3 is 5.69 Å². The Morgan fingerprint density at radius 1 is 1.35 bits per heavy atom. The Balaban J connectivity index is 1.56. The number of carbonyl (C=O) groups is 1. The molecule has 1 N–H and O–H groups in total. The van der Waals surface area contributed by atoms with Crippen molar-refractivity contribution in [3.8, 4) is 0 Å². The minimum absolute atomic E-state index is 0.00577. The molecule has 1 unspecified atom stereocenters. The SMILES string of the molecule is CN1CC(CNC(=O)Cn2cccnc2=O)Cc2ccccc21. The van der Waals surface area contributed by atoms with Crippen molar-refractivity contribution in [2.45, 2.75) is 13.0 Å². The summed E-state index contributed by atoms with van der Waals surface area (Å²) >= 11 is 0. The summed E-state index contributed by atoms with van der Waals surface area (Å²) in [5.74, 6) is 0.200. The van der Waals surface area contributed by atoms with Gasteiger partial charge in [-0.1, -0.05) is 18.2 Å². The summed E-state index contributed by atoms with van der Waals surface area (Å²) in [6.07, 6.45) is 3.94. The van der Waals surface area contributed by atoms with Crippen LogP contribution in [0.15, 0.2) is 47.5 Å². The Labute approximate surface area is 134 Å². The van der Waals surface area contributed by atoms with Gasteiger partial charge in [0, 0.05) is 38.2 Å². The van der Waals surface area contributed by atoms with Crippen molar-refractivity contribution < 1.29 is 4.79 Å². The molecule has 0 fully saturated rings. The lowest BCUT2D eigenvalue weighted by atomic mass is 9.93. The van der Waals surface area contributed by atoms with Gasteiger partial charge in [0.1, 0.15) is 6.54 Å². The van der Waals surface area contributed by atoms with Crippen molar-refractivity contribution in [3.05, 3.63) is 58.8 Å². The summed E-state index contributed by atoms with van der Waals surface area (Å²) < 4.78 is 1.30. The molecule has 0 radical (unpaired) electrons. The van der Waals surface area contributed by atoms with Crippen LogP contribution in [0.5, 0.6) is 0 Å². The quantitative estimate of drug-likeness (QED) is 0.901. The molecule has 1 aliphatic heterocycles. The fourth-order valence-corrected chi connectivity index (χ4v) is 3.03. The van der Waals surface area contributed by atoms with Gasteiger partial charge in [-0.15, -0.1) is 0 Å². The normalized spacial score (nSPS) is 16.7. The van der Waals surface area contributed by atoms with E-state index in [4.69, 9.17) is 0 Å². The number of aromatic nitrogens is 2. The maximum Gasteiger partial charge on any atom is 0.347 e. The number of nitrogens with one attached hydrogen (secondary N) is 1. The number of fused-ring (bicyclic) bond motifs is 1. The van der Waals surface area contributed by atoms with Crippen LogP contribution in [0.2, 0.25) is 0 Å².